The van der Waals surface area contributed by atoms with Crippen LogP contribution < -0.4 is 19.2 Å². The zero-order valence-corrected chi connectivity index (χ0v) is 26.5. The van der Waals surface area contributed by atoms with Gasteiger partial charge in [-0.3, -0.25) is 9.10 Å². The van der Waals surface area contributed by atoms with Gasteiger partial charge in [0, 0.05) is 10.0 Å². The summed E-state index contributed by atoms with van der Waals surface area (Å²) in [5.74, 6) is 0.283. The van der Waals surface area contributed by atoms with Gasteiger partial charge in [0.1, 0.15) is 13.2 Å². The summed E-state index contributed by atoms with van der Waals surface area (Å²) >= 11 is 15.7. The molecule has 8 nitrogen and oxygen atoms in total. The molecular formula is C30H26BrCl2N3O5S. The third-order valence-corrected chi connectivity index (χ3v) is 9.05. The topological polar surface area (TPSA) is 97.3 Å². The molecule has 4 aromatic carbocycles. The Morgan fingerprint density at radius 2 is 1.74 bits per heavy atom. The van der Waals surface area contributed by atoms with Crippen LogP contribution in [0.4, 0.5) is 5.69 Å². The van der Waals surface area contributed by atoms with E-state index in [2.05, 4.69) is 26.5 Å². The Kier molecular flexibility index (Phi) is 10.5. The first-order chi connectivity index (χ1) is 20.1. The molecule has 1 N–H and O–H groups in total. The smallest absolute Gasteiger partial charge is 0.264 e. The lowest BCUT2D eigenvalue weighted by Crippen LogP contribution is -2.39. The number of anilines is 1. The monoisotopic (exact) mass is 689 g/mol. The van der Waals surface area contributed by atoms with Crippen molar-refractivity contribution in [2.45, 2.75) is 18.4 Å². The van der Waals surface area contributed by atoms with Gasteiger partial charge in [0.25, 0.3) is 15.9 Å². The fourth-order valence-electron chi connectivity index (χ4n) is 3.81. The molecule has 0 aliphatic rings. The number of sulfonamides is 1. The van der Waals surface area contributed by atoms with Gasteiger partial charge < -0.3 is 9.47 Å². The molecule has 4 aromatic rings. The number of hydrogen-bond acceptors (Lipinski definition) is 6. The number of benzene rings is 4. The highest BCUT2D eigenvalue weighted by Crippen LogP contribution is 2.37. The third-order valence-electron chi connectivity index (χ3n) is 6.01. The Morgan fingerprint density at radius 1 is 1.02 bits per heavy atom. The summed E-state index contributed by atoms with van der Waals surface area (Å²) in [5, 5.41) is 5.03. The number of carbonyl (C=O) groups excluding carboxylic acids is 1. The minimum absolute atomic E-state index is 0.0355. The second-order valence-electron chi connectivity index (χ2n) is 9.00. The van der Waals surface area contributed by atoms with Gasteiger partial charge >= 0.3 is 0 Å². The summed E-state index contributed by atoms with van der Waals surface area (Å²) in [6.45, 7) is 1.57. The average Bonchev–Trinajstić information content (AvgIpc) is 2.98. The first-order valence-corrected chi connectivity index (χ1v) is 15.5. The average molecular weight is 691 g/mol. The van der Waals surface area contributed by atoms with Crippen molar-refractivity contribution in [1.82, 2.24) is 5.43 Å². The largest absolute Gasteiger partial charge is 0.493 e. The molecule has 0 spiro atoms. The maximum absolute atomic E-state index is 13.5. The number of carbonyl (C=O) groups is 1. The summed E-state index contributed by atoms with van der Waals surface area (Å²) in [6.07, 6.45) is 1.41. The zero-order chi connectivity index (χ0) is 30.3. The number of rotatable bonds is 11. The van der Waals surface area contributed by atoms with Crippen molar-refractivity contribution in [2.24, 2.45) is 5.10 Å². The zero-order valence-electron chi connectivity index (χ0n) is 22.6. The molecule has 0 aliphatic carbocycles. The predicted octanol–water partition coefficient (Wildman–Crippen LogP) is 7.00. The van der Waals surface area contributed by atoms with E-state index in [9.17, 15) is 13.2 Å². The molecule has 0 saturated heterocycles. The molecule has 0 heterocycles. The molecule has 0 saturated carbocycles. The Hall–Kier alpha value is -3.57. The number of amides is 1. The maximum atomic E-state index is 13.5. The molecule has 0 aromatic heterocycles. The van der Waals surface area contributed by atoms with Crippen molar-refractivity contribution in [2.75, 3.05) is 18.0 Å². The molecule has 0 bridgehead atoms. The van der Waals surface area contributed by atoms with Crippen LogP contribution in [0.25, 0.3) is 0 Å². The minimum Gasteiger partial charge on any atom is -0.493 e. The molecule has 4 rings (SSSR count). The van der Waals surface area contributed by atoms with Crippen molar-refractivity contribution in [3.05, 3.63) is 116 Å². The summed E-state index contributed by atoms with van der Waals surface area (Å²) in [4.78, 5) is 12.9. The number of ether oxygens (including phenoxy) is 2. The molecule has 0 aliphatic heterocycles. The molecular weight excluding hydrogens is 665 g/mol. The fraction of sp³-hybridized carbons (Fsp3) is 0.133. The van der Waals surface area contributed by atoms with E-state index in [1.807, 2.05) is 12.1 Å². The van der Waals surface area contributed by atoms with Crippen LogP contribution in [-0.2, 0) is 21.4 Å². The van der Waals surface area contributed by atoms with E-state index in [0.717, 1.165) is 15.4 Å². The molecule has 1 amide bonds. The Morgan fingerprint density at radius 3 is 2.40 bits per heavy atom. The number of hydrogen-bond donors (Lipinski definition) is 1. The van der Waals surface area contributed by atoms with Crippen molar-refractivity contribution in [3.63, 3.8) is 0 Å². The van der Waals surface area contributed by atoms with Gasteiger partial charge in [-0.25, -0.2) is 13.8 Å². The van der Waals surface area contributed by atoms with E-state index in [0.29, 0.717) is 38.2 Å². The Labute approximate surface area is 263 Å². The highest BCUT2D eigenvalue weighted by molar-refractivity contribution is 9.10. The predicted molar refractivity (Wildman–Crippen MR) is 169 cm³/mol. The number of nitrogens with zero attached hydrogens (tertiary/aromatic N) is 2. The van der Waals surface area contributed by atoms with Gasteiger partial charge in [0.05, 0.1) is 28.4 Å². The van der Waals surface area contributed by atoms with Crippen molar-refractivity contribution in [1.29, 1.82) is 0 Å². The van der Waals surface area contributed by atoms with Crippen LogP contribution in [0.1, 0.15) is 16.7 Å². The molecule has 12 heteroatoms. The number of halogens is 3. The second kappa shape index (κ2) is 14.1. The number of methoxy groups -OCH3 is 1. The van der Waals surface area contributed by atoms with Crippen LogP contribution in [0.5, 0.6) is 11.5 Å². The minimum atomic E-state index is -4.08. The van der Waals surface area contributed by atoms with E-state index in [1.165, 1.54) is 31.5 Å². The van der Waals surface area contributed by atoms with Gasteiger partial charge in [-0.05, 0) is 88.1 Å². The van der Waals surface area contributed by atoms with E-state index in [1.54, 1.807) is 61.5 Å². The molecule has 0 radical (unpaired) electrons. The van der Waals surface area contributed by atoms with Gasteiger partial charge in [-0.1, -0.05) is 59.6 Å². The first kappa shape index (κ1) is 31.4. The van der Waals surface area contributed by atoms with E-state index in [4.69, 9.17) is 32.7 Å². The van der Waals surface area contributed by atoms with Gasteiger partial charge in [-0.15, -0.1) is 0 Å². The first-order valence-electron chi connectivity index (χ1n) is 12.5. The summed E-state index contributed by atoms with van der Waals surface area (Å²) in [5.41, 5.74) is 4.94. The maximum Gasteiger partial charge on any atom is 0.264 e. The third kappa shape index (κ3) is 7.83. The number of nitrogens with one attached hydrogen (secondary N) is 1. The summed E-state index contributed by atoms with van der Waals surface area (Å²) in [7, 11) is -2.57. The lowest BCUT2D eigenvalue weighted by molar-refractivity contribution is -0.119. The standard InChI is InChI=1S/C30H26BrCl2N3O5S/c1-20-8-13-24(16-27(20)33)36(42(38,39)25-6-4-3-5-7-25)18-29(37)35-34-17-22-14-26(31)30(28(15-22)40-2)41-19-21-9-11-23(32)12-10-21/h3-17H,18-19H2,1-2H3,(H,35,37)/b34-17-. The normalized spacial score (nSPS) is 11.4. The van der Waals surface area contributed by atoms with Gasteiger partial charge in [0.2, 0.25) is 0 Å². The van der Waals surface area contributed by atoms with Crippen molar-refractivity contribution in [3.8, 4) is 11.5 Å². The van der Waals surface area contributed by atoms with Crippen LogP contribution in [0, 0.1) is 6.92 Å². The lowest BCUT2D eigenvalue weighted by atomic mass is 10.2. The van der Waals surface area contributed by atoms with Gasteiger partial charge in [-0.2, -0.15) is 5.10 Å². The van der Waals surface area contributed by atoms with Crippen molar-refractivity contribution >= 4 is 67.0 Å². The van der Waals surface area contributed by atoms with Crippen LogP contribution in [0.15, 0.2) is 99.4 Å². The van der Waals surface area contributed by atoms with Crippen LogP contribution in [-0.4, -0.2) is 34.2 Å². The lowest BCUT2D eigenvalue weighted by Gasteiger charge is -2.24. The SMILES string of the molecule is COc1cc(/C=N\NC(=O)CN(c2ccc(C)c(Cl)c2)S(=O)(=O)c2ccccc2)cc(Br)c1OCc1ccc(Cl)cc1. The van der Waals surface area contributed by atoms with Crippen LogP contribution >= 0.6 is 39.1 Å². The second-order valence-corrected chi connectivity index (χ2v) is 12.6. The number of aryl methyl sites for hydroxylation is 1. The Bertz CT molecular complexity index is 1700. The van der Waals surface area contributed by atoms with E-state index >= 15 is 0 Å². The van der Waals surface area contributed by atoms with Gasteiger partial charge in [0.15, 0.2) is 11.5 Å². The molecule has 0 atom stereocenters. The van der Waals surface area contributed by atoms with Crippen molar-refractivity contribution < 1.29 is 22.7 Å². The summed E-state index contributed by atoms with van der Waals surface area (Å²) < 4.78 is 40.0. The quantitative estimate of drug-likeness (QED) is 0.135. The van der Waals surface area contributed by atoms with E-state index in [-0.39, 0.29) is 10.6 Å². The molecule has 218 valence electrons. The number of hydrazone groups is 1. The molecule has 0 fully saturated rings. The summed E-state index contributed by atoms with van der Waals surface area (Å²) in [6, 6.07) is 23.4. The highest BCUT2D eigenvalue weighted by Gasteiger charge is 2.27. The highest BCUT2D eigenvalue weighted by atomic mass is 79.9. The molecule has 42 heavy (non-hydrogen) atoms. The van der Waals surface area contributed by atoms with Crippen LogP contribution in [0.3, 0.4) is 0 Å². The van der Waals surface area contributed by atoms with E-state index < -0.39 is 22.5 Å². The van der Waals surface area contributed by atoms with Crippen LogP contribution in [0.2, 0.25) is 10.0 Å². The molecule has 0 unspecified atom stereocenters. The fourth-order valence-corrected chi connectivity index (χ4v) is 6.12. The Balaban J connectivity index is 1.49.